The van der Waals surface area contributed by atoms with Crippen LogP contribution in [0, 0.1) is 41.4 Å². The Morgan fingerprint density at radius 2 is 1.16 bits per heavy atom. The SMILES string of the molecule is CCO[C@@H]1C[C@H]2C(=O)NC3(CCC3)C(=O)N(C)[C@@H](C3CCCC3)C(=O)N(C)[C@H](C(=O)N3CCOCC3)CC(=O)N(C)[C@@H](CC3CCC(F)C(F)C3)C(=O)N[C@@H]([C@@H](C)CC)C(=O)N(C)CC(=O)N(C)[C@H]3CCCCCN(C3=O)[C@@H](CC3CCC(C(F)(F)F)CC3)C(=O)N(C)CC(=O)N[C@@H](CCC3CC(F)C(C(F)(F)F)C(F)C3)C(=O)N2C1. The van der Waals surface area contributed by atoms with Crippen LogP contribution in [0.15, 0.2) is 0 Å². The van der Waals surface area contributed by atoms with Gasteiger partial charge in [0, 0.05) is 81.5 Å². The van der Waals surface area contributed by atoms with E-state index < -0.39 is 248 Å². The van der Waals surface area contributed by atoms with Crippen LogP contribution in [0.4, 0.5) is 43.9 Å². The third-order valence-electron chi connectivity index (χ3n) is 26.8. The minimum absolute atomic E-state index is 0.0170. The smallest absolute Gasteiger partial charge is 0.378 e. The number of carbonyl (C=O) groups is 12. The predicted octanol–water partition coefficient (Wildman–Crippen LogP) is 7.17. The van der Waals surface area contributed by atoms with Crippen molar-refractivity contribution in [1.29, 1.82) is 0 Å². The van der Waals surface area contributed by atoms with Crippen molar-refractivity contribution in [2.45, 2.75) is 291 Å². The Hall–Kier alpha value is -7.14. The zero-order chi connectivity index (χ0) is 85.2. The molecule has 3 N–H and O–H groups in total. The summed E-state index contributed by atoms with van der Waals surface area (Å²) in [6, 6.07) is -12.0. The van der Waals surface area contributed by atoms with Crippen molar-refractivity contribution in [1.82, 2.24) is 60.0 Å². The van der Waals surface area contributed by atoms with E-state index in [2.05, 4.69) is 16.0 Å². The van der Waals surface area contributed by atoms with Crippen LogP contribution in [-0.4, -0.2) is 313 Å². The highest BCUT2D eigenvalue weighted by atomic mass is 19.4. The number of nitrogens with one attached hydrogen (secondary N) is 3. The summed E-state index contributed by atoms with van der Waals surface area (Å²) in [5.41, 5.74) is -1.74. The van der Waals surface area contributed by atoms with Crippen molar-refractivity contribution in [2.75, 3.05) is 101 Å². The molecule has 4 saturated heterocycles. The number of carbonyl (C=O) groups excluding carboxylic acids is 12. The Morgan fingerprint density at radius 3 is 1.76 bits per heavy atom. The Labute approximate surface area is 673 Å². The second-order valence-electron chi connectivity index (χ2n) is 34.5. The highest BCUT2D eigenvalue weighted by Crippen LogP contribution is 2.46. The van der Waals surface area contributed by atoms with Crippen LogP contribution in [0.5, 0.6) is 0 Å². The van der Waals surface area contributed by atoms with E-state index in [0.29, 0.717) is 51.4 Å². The number of alkyl halides is 10. The minimum Gasteiger partial charge on any atom is -0.378 e. The molecular formula is C80H122F10N12O14. The van der Waals surface area contributed by atoms with Crippen molar-refractivity contribution in [3.63, 3.8) is 0 Å². The zero-order valence-electron chi connectivity index (χ0n) is 68.5. The van der Waals surface area contributed by atoms with Gasteiger partial charge in [-0.15, -0.1) is 0 Å². The van der Waals surface area contributed by atoms with Gasteiger partial charge in [-0.2, -0.15) is 26.3 Å². The topological polar surface area (TPSA) is 289 Å². The molecule has 2 bridgehead atoms. The van der Waals surface area contributed by atoms with Gasteiger partial charge in [-0.25, -0.2) is 17.6 Å². The molecule has 116 heavy (non-hydrogen) atoms. The normalized spacial score (nSPS) is 34.0. The molecule has 26 nitrogen and oxygen atoms in total. The lowest BCUT2D eigenvalue weighted by Gasteiger charge is -2.47. The van der Waals surface area contributed by atoms with Crippen LogP contribution in [0.1, 0.15) is 194 Å². The van der Waals surface area contributed by atoms with Gasteiger partial charge in [0.15, 0.2) is 0 Å². The van der Waals surface area contributed by atoms with Crippen LogP contribution in [0.25, 0.3) is 0 Å². The third-order valence-corrected chi connectivity index (χ3v) is 26.8. The summed E-state index contributed by atoms with van der Waals surface area (Å²) in [5.74, 6) is -18.3. The van der Waals surface area contributed by atoms with Crippen LogP contribution >= 0.6 is 0 Å². The Bertz CT molecular complexity index is 3440. The minimum atomic E-state index is -5.23. The average molecular weight is 1670 g/mol. The monoisotopic (exact) mass is 1660 g/mol. The number of ether oxygens (including phenoxy) is 2. The van der Waals surface area contributed by atoms with E-state index in [1.807, 2.05) is 0 Å². The maximum Gasteiger partial charge on any atom is 0.397 e. The Morgan fingerprint density at radius 1 is 0.552 bits per heavy atom. The van der Waals surface area contributed by atoms with Gasteiger partial charge in [0.1, 0.15) is 84.5 Å². The quantitative estimate of drug-likeness (QED) is 0.154. The molecule has 9 rings (SSSR count). The number of halogens is 10. The molecule has 0 aromatic carbocycles. The first-order valence-corrected chi connectivity index (χ1v) is 42.0. The lowest BCUT2D eigenvalue weighted by atomic mass is 9.74. The van der Waals surface area contributed by atoms with Crippen molar-refractivity contribution in [3.8, 4) is 0 Å². The molecule has 5 unspecified atom stereocenters. The lowest BCUT2D eigenvalue weighted by molar-refractivity contribution is -0.219. The molecule has 1 spiro atoms. The molecular weight excluding hydrogens is 1540 g/mol. The molecule has 5 saturated carbocycles. The summed E-state index contributed by atoms with van der Waals surface area (Å²) in [5, 5.41) is 8.38. The molecule has 9 fully saturated rings. The third kappa shape index (κ3) is 22.3. The molecule has 5 aliphatic carbocycles. The van der Waals surface area contributed by atoms with Crippen molar-refractivity contribution < 1.29 is 111 Å². The van der Waals surface area contributed by atoms with Gasteiger partial charge in [0.05, 0.1) is 44.7 Å². The number of amides is 12. The van der Waals surface area contributed by atoms with Gasteiger partial charge >= 0.3 is 12.4 Å². The fourth-order valence-electron chi connectivity index (χ4n) is 19.2. The number of hydrogen-bond acceptors (Lipinski definition) is 14. The van der Waals surface area contributed by atoms with E-state index in [9.17, 15) is 40.3 Å². The number of fused-ring (bicyclic) bond motifs is 3. The molecule has 15 atom stereocenters. The number of likely N-dealkylation sites (N-methyl/N-ethyl adjacent to an activating group) is 6. The van der Waals surface area contributed by atoms with Gasteiger partial charge in [-0.05, 0) is 165 Å². The van der Waals surface area contributed by atoms with Gasteiger partial charge in [-0.3, -0.25) is 57.5 Å². The van der Waals surface area contributed by atoms with Gasteiger partial charge in [0.2, 0.25) is 70.9 Å². The molecule has 9 aliphatic rings. The highest BCUT2D eigenvalue weighted by Gasteiger charge is 2.57. The second-order valence-corrected chi connectivity index (χ2v) is 34.5. The fraction of sp³-hybridized carbons (Fsp3) is 0.850. The number of nitrogens with zero attached hydrogens (tertiary/aromatic N) is 9. The first-order valence-electron chi connectivity index (χ1n) is 42.0. The van der Waals surface area contributed by atoms with Crippen LogP contribution < -0.4 is 16.0 Å². The van der Waals surface area contributed by atoms with Crippen molar-refractivity contribution >= 4 is 70.9 Å². The summed E-state index contributed by atoms with van der Waals surface area (Å²) < 4.78 is 158. The number of hydrogen-bond donors (Lipinski definition) is 3. The van der Waals surface area contributed by atoms with Gasteiger partial charge < -0.3 is 69.5 Å². The highest BCUT2D eigenvalue weighted by molar-refractivity contribution is 6.01. The summed E-state index contributed by atoms with van der Waals surface area (Å²) in [6.45, 7) is 3.36. The maximum absolute atomic E-state index is 15.9. The standard InChI is InChI=1S/C80H122F10N12O14/c1-10-46(3)67-75(112)95(5)45-65(105)96(6)58-20-13-12-16-31-101(74(58)111)62(39-47-21-25-51(26-22-47)79(85,86)87)72(109)94(4)44-63(103)91-57(28-24-48-37-55(83)66(56(84)38-48)80(88,89)90)71(108)102-43-52(116-11-2)41-60(102)70(107)93-78(29-17-30-78)77(114)99(9)68(50-18-14-15-19-50)76(113)98(8)61(73(110)100-32-34-115-35-33-100)42-64(104)97(7)59(69(106)92-67)40-49-23-27-53(81)54(82)36-49/h46-62,66-68H,10-45H2,1-9H3,(H,91,103)(H,92,106)(H,93,107)/t46-,47?,48?,49?,51?,52+,53?,54?,55?,56?,57-,58-,59-,60-,61-,62-,66?,67-,68-/m0/s1. The van der Waals surface area contributed by atoms with E-state index in [1.165, 1.54) is 57.0 Å². The Balaban J connectivity index is 1.12. The van der Waals surface area contributed by atoms with E-state index in [-0.39, 0.29) is 142 Å². The van der Waals surface area contributed by atoms with Crippen LogP contribution in [0.2, 0.25) is 0 Å². The van der Waals surface area contributed by atoms with Crippen molar-refractivity contribution in [2.24, 2.45) is 41.4 Å². The molecule has 0 radical (unpaired) electrons. The predicted molar refractivity (Wildman–Crippen MR) is 402 cm³/mol. The number of rotatable bonds is 13. The van der Waals surface area contributed by atoms with Crippen LogP contribution in [-0.2, 0) is 67.0 Å². The van der Waals surface area contributed by atoms with E-state index in [1.54, 1.807) is 20.8 Å². The first kappa shape index (κ1) is 92.7. The van der Waals surface area contributed by atoms with Gasteiger partial charge in [0.25, 0.3) is 0 Å². The number of morpholine rings is 1. The summed E-state index contributed by atoms with van der Waals surface area (Å²) in [7, 11) is 7.81. The van der Waals surface area contributed by atoms with Gasteiger partial charge in [-0.1, -0.05) is 46.0 Å². The lowest BCUT2D eigenvalue weighted by Crippen LogP contribution is -2.68. The largest absolute Gasteiger partial charge is 0.397 e. The van der Waals surface area contributed by atoms with E-state index >= 15 is 61.1 Å². The van der Waals surface area contributed by atoms with Crippen molar-refractivity contribution in [3.05, 3.63) is 0 Å². The molecule has 0 aromatic heterocycles. The maximum atomic E-state index is 15.9. The second kappa shape index (κ2) is 40.3. The Kier molecular flexibility index (Phi) is 32.2. The molecule has 12 amide bonds. The fourth-order valence-corrected chi connectivity index (χ4v) is 19.2. The molecule has 0 aromatic rings. The zero-order valence-corrected chi connectivity index (χ0v) is 68.5. The van der Waals surface area contributed by atoms with E-state index in [4.69, 9.17) is 9.47 Å². The molecule has 4 aliphatic heterocycles. The molecule has 36 heteroatoms. The average Bonchev–Trinajstić information content (AvgIpc) is 1.28. The van der Waals surface area contributed by atoms with E-state index in [0.717, 1.165) is 29.4 Å². The summed E-state index contributed by atoms with van der Waals surface area (Å²) >= 11 is 0. The summed E-state index contributed by atoms with van der Waals surface area (Å²) in [4.78, 5) is 194. The molecule has 656 valence electrons. The summed E-state index contributed by atoms with van der Waals surface area (Å²) in [6.07, 6.45) is -20.7. The molecule has 4 heterocycles. The van der Waals surface area contributed by atoms with Crippen LogP contribution in [0.3, 0.4) is 0 Å². The first-order chi connectivity index (χ1) is 54.7.